The van der Waals surface area contributed by atoms with Crippen LogP contribution in [0.5, 0.6) is 0 Å². The molecule has 1 aliphatic rings. The third-order valence-electron chi connectivity index (χ3n) is 2.89. The van der Waals surface area contributed by atoms with Crippen LogP contribution in [0, 0.1) is 12.7 Å². The number of aryl methyl sites for hydroxylation is 1. The Morgan fingerprint density at radius 3 is 2.80 bits per heavy atom. The SMILES string of the molecule is Cc1ccsc1C=C1N=C(c2ccccc2F)OC1=O. The molecule has 0 N–H and O–H groups in total. The number of halogens is 1. The maximum Gasteiger partial charge on any atom is 0.363 e. The highest BCUT2D eigenvalue weighted by Gasteiger charge is 2.26. The van der Waals surface area contributed by atoms with Crippen LogP contribution in [0.3, 0.4) is 0 Å². The summed E-state index contributed by atoms with van der Waals surface area (Å²) in [5, 5.41) is 1.93. The molecular formula is C15H10FNO2S. The summed E-state index contributed by atoms with van der Waals surface area (Å²) in [6, 6.07) is 8.03. The van der Waals surface area contributed by atoms with Crippen molar-refractivity contribution in [1.82, 2.24) is 0 Å². The van der Waals surface area contributed by atoms with Gasteiger partial charge in [-0.25, -0.2) is 14.2 Å². The van der Waals surface area contributed by atoms with E-state index in [1.54, 1.807) is 18.2 Å². The van der Waals surface area contributed by atoms with Crippen LogP contribution in [0.2, 0.25) is 0 Å². The van der Waals surface area contributed by atoms with Crippen LogP contribution in [-0.2, 0) is 9.53 Å². The number of hydrogen-bond donors (Lipinski definition) is 0. The van der Waals surface area contributed by atoms with Crippen molar-refractivity contribution < 1.29 is 13.9 Å². The molecule has 100 valence electrons. The van der Waals surface area contributed by atoms with Gasteiger partial charge in [0.15, 0.2) is 5.70 Å². The Morgan fingerprint density at radius 2 is 2.10 bits per heavy atom. The van der Waals surface area contributed by atoms with E-state index >= 15 is 0 Å². The molecule has 5 heteroatoms. The normalized spacial score (nSPS) is 16.4. The highest BCUT2D eigenvalue weighted by Crippen LogP contribution is 2.24. The lowest BCUT2D eigenvalue weighted by Gasteiger charge is -1.99. The summed E-state index contributed by atoms with van der Waals surface area (Å²) >= 11 is 1.51. The zero-order valence-corrected chi connectivity index (χ0v) is 11.4. The summed E-state index contributed by atoms with van der Waals surface area (Å²) in [7, 11) is 0. The summed E-state index contributed by atoms with van der Waals surface area (Å²) in [6.45, 7) is 1.95. The van der Waals surface area contributed by atoms with E-state index in [2.05, 4.69) is 4.99 Å². The molecule has 3 nitrogen and oxygen atoms in total. The molecule has 2 heterocycles. The highest BCUT2D eigenvalue weighted by molar-refractivity contribution is 7.11. The highest BCUT2D eigenvalue weighted by atomic mass is 32.1. The molecule has 0 atom stereocenters. The number of ether oxygens (including phenoxy) is 1. The minimum atomic E-state index is -0.559. The number of thiophene rings is 1. The first-order valence-corrected chi connectivity index (χ1v) is 6.84. The molecule has 0 bridgehead atoms. The van der Waals surface area contributed by atoms with Gasteiger partial charge in [-0.15, -0.1) is 11.3 Å². The van der Waals surface area contributed by atoms with E-state index in [1.807, 2.05) is 18.4 Å². The van der Waals surface area contributed by atoms with Gasteiger partial charge < -0.3 is 4.74 Å². The van der Waals surface area contributed by atoms with Crippen LogP contribution in [0.4, 0.5) is 4.39 Å². The molecule has 1 aliphatic heterocycles. The van der Waals surface area contributed by atoms with Gasteiger partial charge in [0.2, 0.25) is 5.90 Å². The van der Waals surface area contributed by atoms with E-state index in [4.69, 9.17) is 4.74 Å². The molecule has 0 unspecified atom stereocenters. The number of benzene rings is 1. The third kappa shape index (κ3) is 2.28. The molecule has 20 heavy (non-hydrogen) atoms. The van der Waals surface area contributed by atoms with Gasteiger partial charge in [-0.05, 0) is 42.1 Å². The van der Waals surface area contributed by atoms with Gasteiger partial charge in [0, 0.05) is 4.88 Å². The van der Waals surface area contributed by atoms with Gasteiger partial charge in [0.05, 0.1) is 5.56 Å². The van der Waals surface area contributed by atoms with Crippen LogP contribution in [0.25, 0.3) is 6.08 Å². The first kappa shape index (κ1) is 12.7. The first-order valence-electron chi connectivity index (χ1n) is 5.97. The van der Waals surface area contributed by atoms with Crippen molar-refractivity contribution in [2.24, 2.45) is 4.99 Å². The molecule has 0 fully saturated rings. The summed E-state index contributed by atoms with van der Waals surface area (Å²) in [4.78, 5) is 16.8. The summed E-state index contributed by atoms with van der Waals surface area (Å²) in [5.74, 6) is -1.02. The van der Waals surface area contributed by atoms with Crippen molar-refractivity contribution >= 4 is 29.3 Å². The van der Waals surface area contributed by atoms with Crippen LogP contribution in [0.15, 0.2) is 46.4 Å². The molecule has 0 spiro atoms. The van der Waals surface area contributed by atoms with Gasteiger partial charge in [-0.3, -0.25) is 0 Å². The maximum atomic E-state index is 13.6. The fourth-order valence-corrected chi connectivity index (χ4v) is 2.67. The molecule has 0 aliphatic carbocycles. The molecule has 3 rings (SSSR count). The lowest BCUT2D eigenvalue weighted by molar-refractivity contribution is -0.129. The number of rotatable bonds is 2. The Hall–Kier alpha value is -2.27. The average molecular weight is 287 g/mol. The van der Waals surface area contributed by atoms with Gasteiger partial charge in [-0.2, -0.15) is 0 Å². The predicted molar refractivity (Wildman–Crippen MR) is 76.1 cm³/mol. The van der Waals surface area contributed by atoms with Gasteiger partial charge >= 0.3 is 5.97 Å². The smallest absolute Gasteiger partial charge is 0.363 e. The molecule has 0 saturated carbocycles. The fourth-order valence-electron chi connectivity index (χ4n) is 1.82. The minimum Gasteiger partial charge on any atom is -0.402 e. The number of carbonyl (C=O) groups is 1. The van der Waals surface area contributed by atoms with E-state index in [0.29, 0.717) is 0 Å². The van der Waals surface area contributed by atoms with E-state index in [1.165, 1.54) is 23.5 Å². The second kappa shape index (κ2) is 5.02. The average Bonchev–Trinajstić information content (AvgIpc) is 2.98. The summed E-state index contributed by atoms with van der Waals surface area (Å²) in [5.41, 5.74) is 1.44. The van der Waals surface area contributed by atoms with E-state index in [-0.39, 0.29) is 17.2 Å². The van der Waals surface area contributed by atoms with Gasteiger partial charge in [0.25, 0.3) is 0 Å². The number of aliphatic imine (C=N–C) groups is 1. The van der Waals surface area contributed by atoms with E-state index < -0.39 is 11.8 Å². The van der Waals surface area contributed by atoms with Crippen LogP contribution >= 0.6 is 11.3 Å². The fraction of sp³-hybridized carbons (Fsp3) is 0.0667. The molecule has 0 radical (unpaired) electrons. The zero-order valence-electron chi connectivity index (χ0n) is 10.6. The van der Waals surface area contributed by atoms with E-state index in [0.717, 1.165) is 10.4 Å². The largest absolute Gasteiger partial charge is 0.402 e. The van der Waals surface area contributed by atoms with Crippen molar-refractivity contribution in [3.8, 4) is 0 Å². The Morgan fingerprint density at radius 1 is 1.30 bits per heavy atom. The maximum absolute atomic E-state index is 13.6. The zero-order chi connectivity index (χ0) is 14.1. The Kier molecular flexibility index (Phi) is 3.20. The van der Waals surface area contributed by atoms with Crippen LogP contribution in [-0.4, -0.2) is 11.9 Å². The molecule has 1 aromatic heterocycles. The second-order valence-corrected chi connectivity index (χ2v) is 5.23. The van der Waals surface area contributed by atoms with Crippen molar-refractivity contribution in [3.63, 3.8) is 0 Å². The lowest BCUT2D eigenvalue weighted by atomic mass is 10.2. The Labute approximate surface area is 119 Å². The van der Waals surface area contributed by atoms with E-state index in [9.17, 15) is 9.18 Å². The number of carbonyl (C=O) groups excluding carboxylic acids is 1. The third-order valence-corrected chi connectivity index (χ3v) is 3.86. The van der Waals surface area contributed by atoms with Crippen LogP contribution in [0.1, 0.15) is 16.0 Å². The summed E-state index contributed by atoms with van der Waals surface area (Å²) in [6.07, 6.45) is 1.66. The molecule has 1 aromatic carbocycles. The second-order valence-electron chi connectivity index (χ2n) is 4.28. The topological polar surface area (TPSA) is 38.7 Å². The quantitative estimate of drug-likeness (QED) is 0.626. The Bertz CT molecular complexity index is 746. The van der Waals surface area contributed by atoms with Crippen LogP contribution < -0.4 is 0 Å². The number of nitrogens with zero attached hydrogens (tertiary/aromatic N) is 1. The van der Waals surface area contributed by atoms with Gasteiger partial charge in [-0.1, -0.05) is 12.1 Å². The number of esters is 1. The van der Waals surface area contributed by atoms with Crippen molar-refractivity contribution in [2.45, 2.75) is 6.92 Å². The lowest BCUT2D eigenvalue weighted by Crippen LogP contribution is -2.07. The molecular weight excluding hydrogens is 277 g/mol. The number of hydrogen-bond acceptors (Lipinski definition) is 4. The Balaban J connectivity index is 2.00. The van der Waals surface area contributed by atoms with Gasteiger partial charge in [0.1, 0.15) is 5.82 Å². The molecule has 2 aromatic rings. The predicted octanol–water partition coefficient (Wildman–Crippen LogP) is 3.54. The molecule has 0 saturated heterocycles. The standard InChI is InChI=1S/C15H10FNO2S/c1-9-6-7-20-13(9)8-12-15(18)19-14(17-12)10-4-2-3-5-11(10)16/h2-8H,1H3. The summed E-state index contributed by atoms with van der Waals surface area (Å²) < 4.78 is 18.7. The monoisotopic (exact) mass is 287 g/mol. The number of cyclic esters (lactones) is 1. The van der Waals surface area contributed by atoms with Crippen molar-refractivity contribution in [3.05, 3.63) is 63.2 Å². The minimum absolute atomic E-state index is 0.00793. The van der Waals surface area contributed by atoms with Crippen molar-refractivity contribution in [2.75, 3.05) is 0 Å². The molecule has 0 amide bonds. The van der Waals surface area contributed by atoms with Crippen molar-refractivity contribution in [1.29, 1.82) is 0 Å². The first-order chi connectivity index (χ1) is 9.65.